The SMILES string of the molecule is Cc1cc(C(C)(C)C)c(O)cc1Cc1cc(O)c(C(C)(C)C)cc1C. The van der Waals surface area contributed by atoms with Gasteiger partial charge in [0.25, 0.3) is 0 Å². The molecule has 0 saturated carbocycles. The molecule has 0 spiro atoms. The van der Waals surface area contributed by atoms with Crippen LogP contribution in [0.5, 0.6) is 11.5 Å². The van der Waals surface area contributed by atoms with Crippen LogP contribution in [-0.2, 0) is 17.3 Å². The molecule has 0 bridgehead atoms. The van der Waals surface area contributed by atoms with Crippen molar-refractivity contribution < 1.29 is 10.2 Å². The fourth-order valence-electron chi connectivity index (χ4n) is 3.27. The van der Waals surface area contributed by atoms with Gasteiger partial charge in [0.05, 0.1) is 0 Å². The molecule has 0 fully saturated rings. The molecule has 0 heterocycles. The van der Waals surface area contributed by atoms with Gasteiger partial charge in [0.15, 0.2) is 0 Å². The van der Waals surface area contributed by atoms with Gasteiger partial charge in [-0.1, -0.05) is 53.7 Å². The molecule has 0 aliphatic carbocycles. The van der Waals surface area contributed by atoms with E-state index in [-0.39, 0.29) is 10.8 Å². The molecular weight excluding hydrogens is 308 g/mol. The van der Waals surface area contributed by atoms with Crippen LogP contribution in [0, 0.1) is 13.8 Å². The number of aryl methyl sites for hydroxylation is 2. The normalized spacial score (nSPS) is 12.5. The van der Waals surface area contributed by atoms with Gasteiger partial charge in [0.2, 0.25) is 0 Å². The van der Waals surface area contributed by atoms with Gasteiger partial charge in [-0.25, -0.2) is 0 Å². The van der Waals surface area contributed by atoms with Crippen LogP contribution in [0.1, 0.15) is 74.9 Å². The van der Waals surface area contributed by atoms with Gasteiger partial charge in [-0.05, 0) is 76.6 Å². The second-order valence-corrected chi connectivity index (χ2v) is 9.27. The number of hydrogen-bond acceptors (Lipinski definition) is 2. The van der Waals surface area contributed by atoms with Gasteiger partial charge in [-0.15, -0.1) is 0 Å². The fraction of sp³-hybridized carbons (Fsp3) is 0.478. The van der Waals surface area contributed by atoms with Crippen molar-refractivity contribution in [1.82, 2.24) is 0 Å². The Morgan fingerprint density at radius 3 is 1.24 bits per heavy atom. The van der Waals surface area contributed by atoms with Crippen molar-refractivity contribution >= 4 is 0 Å². The summed E-state index contributed by atoms with van der Waals surface area (Å²) in [5.41, 5.74) is 6.29. The number of phenolic OH excluding ortho intramolecular Hbond substituents is 2. The van der Waals surface area contributed by atoms with Crippen LogP contribution < -0.4 is 0 Å². The van der Waals surface area contributed by atoms with E-state index in [0.717, 1.165) is 22.3 Å². The van der Waals surface area contributed by atoms with Gasteiger partial charge in [0, 0.05) is 0 Å². The van der Waals surface area contributed by atoms with E-state index in [1.807, 2.05) is 12.1 Å². The van der Waals surface area contributed by atoms with E-state index in [1.54, 1.807) is 0 Å². The molecule has 0 amide bonds. The summed E-state index contributed by atoms with van der Waals surface area (Å²) in [5, 5.41) is 20.9. The summed E-state index contributed by atoms with van der Waals surface area (Å²) in [5.74, 6) is 0.697. The Bertz CT molecular complexity index is 720. The van der Waals surface area contributed by atoms with E-state index >= 15 is 0 Å². The van der Waals surface area contributed by atoms with E-state index in [9.17, 15) is 10.2 Å². The Balaban J connectivity index is 2.44. The van der Waals surface area contributed by atoms with Crippen LogP contribution in [-0.4, -0.2) is 10.2 Å². The monoisotopic (exact) mass is 340 g/mol. The maximum Gasteiger partial charge on any atom is 0.119 e. The second kappa shape index (κ2) is 6.40. The van der Waals surface area contributed by atoms with Crippen LogP contribution in [0.3, 0.4) is 0 Å². The summed E-state index contributed by atoms with van der Waals surface area (Å²) < 4.78 is 0. The average molecular weight is 341 g/mol. The highest BCUT2D eigenvalue weighted by Crippen LogP contribution is 2.36. The summed E-state index contributed by atoms with van der Waals surface area (Å²) in [4.78, 5) is 0. The predicted molar refractivity (Wildman–Crippen MR) is 106 cm³/mol. The zero-order chi connectivity index (χ0) is 19.2. The Morgan fingerprint density at radius 1 is 0.640 bits per heavy atom. The van der Waals surface area contributed by atoms with Crippen molar-refractivity contribution in [2.24, 2.45) is 0 Å². The van der Waals surface area contributed by atoms with Crippen molar-refractivity contribution in [3.05, 3.63) is 57.6 Å². The molecule has 25 heavy (non-hydrogen) atoms. The topological polar surface area (TPSA) is 40.5 Å². The first-order valence-electron chi connectivity index (χ1n) is 8.96. The van der Waals surface area contributed by atoms with E-state index in [4.69, 9.17) is 0 Å². The molecule has 0 aromatic heterocycles. The highest BCUT2D eigenvalue weighted by Gasteiger charge is 2.21. The minimum atomic E-state index is -0.0874. The molecule has 2 N–H and O–H groups in total. The van der Waals surface area contributed by atoms with Crippen LogP contribution in [0.15, 0.2) is 24.3 Å². The van der Waals surface area contributed by atoms with Gasteiger partial charge < -0.3 is 10.2 Å². The largest absolute Gasteiger partial charge is 0.508 e. The quantitative estimate of drug-likeness (QED) is 0.714. The van der Waals surface area contributed by atoms with Gasteiger partial charge >= 0.3 is 0 Å². The molecule has 2 rings (SSSR count). The highest BCUT2D eigenvalue weighted by molar-refractivity contribution is 5.50. The lowest BCUT2D eigenvalue weighted by Crippen LogP contribution is -2.13. The van der Waals surface area contributed by atoms with Gasteiger partial charge in [-0.2, -0.15) is 0 Å². The van der Waals surface area contributed by atoms with Gasteiger partial charge in [-0.3, -0.25) is 0 Å². The standard InChI is InChI=1S/C23H32O2/c1-14-9-18(22(3,4)5)20(24)12-16(14)11-17-13-21(25)19(10-15(17)2)23(6,7)8/h9-10,12-13,24-25H,11H2,1-8H3. The molecule has 2 nitrogen and oxygen atoms in total. The lowest BCUT2D eigenvalue weighted by atomic mass is 9.82. The molecule has 2 heteroatoms. The Morgan fingerprint density at radius 2 is 0.960 bits per heavy atom. The third-order valence-corrected chi connectivity index (χ3v) is 4.91. The molecule has 0 aliphatic rings. The molecule has 2 aromatic rings. The summed E-state index contributed by atoms with van der Waals surface area (Å²) in [6.07, 6.45) is 0.702. The van der Waals surface area contributed by atoms with E-state index in [2.05, 4.69) is 67.5 Å². The fourth-order valence-corrected chi connectivity index (χ4v) is 3.27. The van der Waals surface area contributed by atoms with E-state index in [0.29, 0.717) is 17.9 Å². The smallest absolute Gasteiger partial charge is 0.119 e. The Hall–Kier alpha value is -1.96. The lowest BCUT2D eigenvalue weighted by Gasteiger charge is -2.24. The molecule has 136 valence electrons. The Labute approximate surface area is 152 Å². The minimum Gasteiger partial charge on any atom is -0.508 e. The summed E-state index contributed by atoms with van der Waals surface area (Å²) in [6, 6.07) is 7.93. The molecular formula is C23H32O2. The summed E-state index contributed by atoms with van der Waals surface area (Å²) in [7, 11) is 0. The summed E-state index contributed by atoms with van der Waals surface area (Å²) >= 11 is 0. The van der Waals surface area contributed by atoms with Gasteiger partial charge in [0.1, 0.15) is 11.5 Å². The zero-order valence-electron chi connectivity index (χ0n) is 16.9. The lowest BCUT2D eigenvalue weighted by molar-refractivity contribution is 0.445. The summed E-state index contributed by atoms with van der Waals surface area (Å²) in [6.45, 7) is 16.8. The van der Waals surface area contributed by atoms with Crippen molar-refractivity contribution in [3.8, 4) is 11.5 Å². The van der Waals surface area contributed by atoms with Crippen LogP contribution >= 0.6 is 0 Å². The third-order valence-electron chi connectivity index (χ3n) is 4.91. The molecule has 0 atom stereocenters. The number of hydrogen-bond donors (Lipinski definition) is 2. The Kier molecular flexibility index (Phi) is 4.96. The van der Waals surface area contributed by atoms with Crippen molar-refractivity contribution in [1.29, 1.82) is 0 Å². The molecule has 0 unspecified atom stereocenters. The maximum absolute atomic E-state index is 10.5. The predicted octanol–water partition coefficient (Wildman–Crippen LogP) is 5.90. The number of rotatable bonds is 2. The third kappa shape index (κ3) is 4.18. The highest BCUT2D eigenvalue weighted by atomic mass is 16.3. The van der Waals surface area contributed by atoms with E-state index < -0.39 is 0 Å². The molecule has 0 radical (unpaired) electrons. The number of benzene rings is 2. The molecule has 0 saturated heterocycles. The second-order valence-electron chi connectivity index (χ2n) is 9.27. The molecule has 0 aliphatic heterocycles. The van der Waals surface area contributed by atoms with Crippen molar-refractivity contribution in [2.75, 3.05) is 0 Å². The van der Waals surface area contributed by atoms with Crippen LogP contribution in [0.2, 0.25) is 0 Å². The zero-order valence-corrected chi connectivity index (χ0v) is 16.9. The van der Waals surface area contributed by atoms with Crippen molar-refractivity contribution in [2.45, 2.75) is 72.6 Å². The average Bonchev–Trinajstić information content (AvgIpc) is 2.43. The van der Waals surface area contributed by atoms with Crippen LogP contribution in [0.25, 0.3) is 0 Å². The number of aromatic hydroxyl groups is 2. The van der Waals surface area contributed by atoms with Crippen LogP contribution in [0.4, 0.5) is 0 Å². The maximum atomic E-state index is 10.5. The molecule has 2 aromatic carbocycles. The van der Waals surface area contributed by atoms with E-state index in [1.165, 1.54) is 11.1 Å². The van der Waals surface area contributed by atoms with Crippen molar-refractivity contribution in [3.63, 3.8) is 0 Å². The first-order chi connectivity index (χ1) is 11.3. The first kappa shape index (κ1) is 19.4. The first-order valence-corrected chi connectivity index (χ1v) is 8.96. The minimum absolute atomic E-state index is 0.0874. The number of phenols is 2.